The van der Waals surface area contributed by atoms with Crippen LogP contribution in [-0.4, -0.2) is 25.9 Å². The van der Waals surface area contributed by atoms with E-state index < -0.39 is 0 Å². The van der Waals surface area contributed by atoms with Crippen LogP contribution >= 0.6 is 0 Å². The first-order chi connectivity index (χ1) is 10.9. The summed E-state index contributed by atoms with van der Waals surface area (Å²) >= 11 is 0. The Morgan fingerprint density at radius 1 is 1.43 bits per heavy atom. The van der Waals surface area contributed by atoms with Gasteiger partial charge in [0, 0.05) is 30.9 Å². The zero-order valence-electron chi connectivity index (χ0n) is 14.7. The molecule has 23 heavy (non-hydrogen) atoms. The molecular weight excluding hydrogens is 290 g/mol. The zero-order valence-corrected chi connectivity index (χ0v) is 14.7. The van der Waals surface area contributed by atoms with Gasteiger partial charge < -0.3 is 5.32 Å². The van der Waals surface area contributed by atoms with Crippen molar-refractivity contribution in [2.45, 2.75) is 59.3 Å². The maximum atomic E-state index is 12.1. The minimum Gasteiger partial charge on any atom is -0.309 e. The number of hydrogen-bond acceptors (Lipinski definition) is 3. The fraction of sp³-hybridized carbons (Fsp3) is 0.588. The van der Waals surface area contributed by atoms with Crippen molar-refractivity contribution in [1.82, 2.24) is 20.0 Å². The van der Waals surface area contributed by atoms with Gasteiger partial charge in [-0.25, -0.2) is 0 Å². The molecule has 0 radical (unpaired) electrons. The van der Waals surface area contributed by atoms with Crippen molar-refractivity contribution in [3.63, 3.8) is 0 Å². The zero-order chi connectivity index (χ0) is 17.0. The second kappa shape index (κ2) is 7.44. The number of anilines is 1. The first-order valence-corrected chi connectivity index (χ1v) is 8.26. The average molecular weight is 317 g/mol. The second-order valence-electron chi connectivity index (χ2n) is 6.22. The summed E-state index contributed by atoms with van der Waals surface area (Å²) in [5.74, 6) is 1.01. The highest BCUT2D eigenvalue weighted by molar-refractivity contribution is 5.89. The molecule has 0 bridgehead atoms. The van der Waals surface area contributed by atoms with Crippen LogP contribution in [0.25, 0.3) is 0 Å². The topological polar surface area (TPSA) is 75.6 Å². The van der Waals surface area contributed by atoms with E-state index in [1.807, 2.05) is 31.6 Å². The van der Waals surface area contributed by atoms with Gasteiger partial charge >= 0.3 is 0 Å². The van der Waals surface area contributed by atoms with E-state index in [0.29, 0.717) is 24.6 Å². The van der Waals surface area contributed by atoms with E-state index in [2.05, 4.69) is 34.5 Å². The third kappa shape index (κ3) is 4.21. The molecule has 6 nitrogen and oxygen atoms in total. The molecule has 2 N–H and O–H groups in total. The quantitative estimate of drug-likeness (QED) is 0.823. The summed E-state index contributed by atoms with van der Waals surface area (Å²) in [4.78, 5) is 12.1. The molecule has 2 rings (SSSR count). The molecule has 2 aromatic heterocycles. The van der Waals surface area contributed by atoms with E-state index in [0.717, 1.165) is 35.5 Å². The fourth-order valence-corrected chi connectivity index (χ4v) is 2.86. The monoisotopic (exact) mass is 317 g/mol. The molecule has 1 amide bonds. The number of hydrogen-bond donors (Lipinski definition) is 2. The molecule has 2 heterocycles. The van der Waals surface area contributed by atoms with Crippen LogP contribution in [0.2, 0.25) is 0 Å². The van der Waals surface area contributed by atoms with Gasteiger partial charge in [0.15, 0.2) is 5.82 Å². The number of aryl methyl sites for hydroxylation is 2. The van der Waals surface area contributed by atoms with Gasteiger partial charge in [-0.1, -0.05) is 20.3 Å². The van der Waals surface area contributed by atoms with E-state index in [-0.39, 0.29) is 5.91 Å². The largest absolute Gasteiger partial charge is 0.309 e. The van der Waals surface area contributed by atoms with E-state index >= 15 is 0 Å². The molecule has 0 saturated carbocycles. The number of nitrogens with zero attached hydrogens (tertiary/aromatic N) is 3. The smallest absolute Gasteiger partial charge is 0.225 e. The number of carbonyl (C=O) groups excluding carboxylic acids is 1. The Hall–Kier alpha value is -2.11. The molecule has 0 aliphatic heterocycles. The number of amides is 1. The summed E-state index contributed by atoms with van der Waals surface area (Å²) in [6.45, 7) is 8.34. The van der Waals surface area contributed by atoms with Crippen LogP contribution < -0.4 is 5.32 Å². The molecule has 2 aromatic rings. The molecule has 1 atom stereocenters. The van der Waals surface area contributed by atoms with Crippen LogP contribution in [0, 0.1) is 13.8 Å². The Morgan fingerprint density at radius 2 is 2.17 bits per heavy atom. The molecule has 0 aliphatic rings. The third-order valence-electron chi connectivity index (χ3n) is 4.38. The summed E-state index contributed by atoms with van der Waals surface area (Å²) in [7, 11) is 1.93. The Morgan fingerprint density at radius 3 is 2.78 bits per heavy atom. The van der Waals surface area contributed by atoms with Gasteiger partial charge in [-0.05, 0) is 38.2 Å². The standard InChI is InChI=1S/C17H27N5O/c1-6-7-11(2)15-10-16(20-19-15)18-17(23)9-8-14-12(3)21-22(5)13(14)4/h10-11H,6-9H2,1-5H3,(H2,18,19,20,23)/t11-/m1/s1. The first kappa shape index (κ1) is 17.2. The number of H-pyrrole nitrogens is 1. The predicted octanol–water partition coefficient (Wildman–Crippen LogP) is 3.23. The third-order valence-corrected chi connectivity index (χ3v) is 4.38. The van der Waals surface area contributed by atoms with Crippen molar-refractivity contribution >= 4 is 11.7 Å². The normalized spacial score (nSPS) is 12.4. The first-order valence-electron chi connectivity index (χ1n) is 8.26. The molecule has 0 unspecified atom stereocenters. The Bertz CT molecular complexity index is 671. The summed E-state index contributed by atoms with van der Waals surface area (Å²) < 4.78 is 1.86. The Labute approximate surface area is 137 Å². The van der Waals surface area contributed by atoms with E-state index in [1.54, 1.807) is 0 Å². The minimum absolute atomic E-state index is 0.0196. The maximum absolute atomic E-state index is 12.1. The van der Waals surface area contributed by atoms with Crippen molar-refractivity contribution in [1.29, 1.82) is 0 Å². The molecule has 0 saturated heterocycles. The SMILES string of the molecule is CCC[C@@H](C)c1cc(NC(=O)CCc2c(C)nn(C)c2C)n[nH]1. The second-order valence-corrected chi connectivity index (χ2v) is 6.22. The van der Waals surface area contributed by atoms with Crippen LogP contribution in [0.4, 0.5) is 5.82 Å². The van der Waals surface area contributed by atoms with Crippen molar-refractivity contribution in [2.24, 2.45) is 7.05 Å². The molecular formula is C17H27N5O. The summed E-state index contributed by atoms with van der Waals surface area (Å²) in [5.41, 5.74) is 4.34. The molecule has 0 aliphatic carbocycles. The van der Waals surface area contributed by atoms with Gasteiger partial charge in [-0.2, -0.15) is 10.2 Å². The lowest BCUT2D eigenvalue weighted by atomic mass is 10.0. The number of carbonyl (C=O) groups is 1. The van der Waals surface area contributed by atoms with Gasteiger partial charge in [0.25, 0.3) is 0 Å². The molecule has 6 heteroatoms. The highest BCUT2D eigenvalue weighted by atomic mass is 16.1. The van der Waals surface area contributed by atoms with Crippen molar-refractivity contribution in [3.05, 3.63) is 28.7 Å². The average Bonchev–Trinajstić information content (AvgIpc) is 3.04. The Kier molecular flexibility index (Phi) is 5.58. The molecule has 0 spiro atoms. The molecule has 0 fully saturated rings. The van der Waals surface area contributed by atoms with Gasteiger partial charge in [0.05, 0.1) is 5.69 Å². The van der Waals surface area contributed by atoms with E-state index in [4.69, 9.17) is 0 Å². The number of nitrogens with one attached hydrogen (secondary N) is 2. The lowest BCUT2D eigenvalue weighted by Gasteiger charge is -2.05. The molecule has 0 aromatic carbocycles. The van der Waals surface area contributed by atoms with Gasteiger partial charge in [0.1, 0.15) is 0 Å². The van der Waals surface area contributed by atoms with Crippen molar-refractivity contribution in [2.75, 3.05) is 5.32 Å². The van der Waals surface area contributed by atoms with Crippen molar-refractivity contribution < 1.29 is 4.79 Å². The Balaban J connectivity index is 1.90. The van der Waals surface area contributed by atoms with Crippen LogP contribution in [0.5, 0.6) is 0 Å². The number of aromatic amines is 1. The number of rotatable bonds is 7. The van der Waals surface area contributed by atoms with Gasteiger partial charge in [-0.15, -0.1) is 0 Å². The number of aromatic nitrogens is 4. The van der Waals surface area contributed by atoms with Crippen LogP contribution in [0.3, 0.4) is 0 Å². The lowest BCUT2D eigenvalue weighted by molar-refractivity contribution is -0.116. The summed E-state index contributed by atoms with van der Waals surface area (Å²) in [6.07, 6.45) is 3.36. The van der Waals surface area contributed by atoms with E-state index in [9.17, 15) is 4.79 Å². The van der Waals surface area contributed by atoms with E-state index in [1.165, 1.54) is 0 Å². The van der Waals surface area contributed by atoms with Crippen LogP contribution in [0.1, 0.15) is 61.7 Å². The maximum Gasteiger partial charge on any atom is 0.225 e. The van der Waals surface area contributed by atoms with Crippen LogP contribution in [0.15, 0.2) is 6.07 Å². The molecule has 126 valence electrons. The lowest BCUT2D eigenvalue weighted by Crippen LogP contribution is -2.13. The van der Waals surface area contributed by atoms with Gasteiger partial charge in [0.2, 0.25) is 5.91 Å². The minimum atomic E-state index is -0.0196. The highest BCUT2D eigenvalue weighted by Crippen LogP contribution is 2.21. The van der Waals surface area contributed by atoms with Crippen LogP contribution in [-0.2, 0) is 18.3 Å². The van der Waals surface area contributed by atoms with Crippen molar-refractivity contribution in [3.8, 4) is 0 Å². The predicted molar refractivity (Wildman–Crippen MR) is 91.5 cm³/mol. The fourth-order valence-electron chi connectivity index (χ4n) is 2.86. The highest BCUT2D eigenvalue weighted by Gasteiger charge is 2.13. The van der Waals surface area contributed by atoms with Gasteiger partial charge in [-0.3, -0.25) is 14.6 Å². The summed E-state index contributed by atoms with van der Waals surface area (Å²) in [5, 5.41) is 14.4. The summed E-state index contributed by atoms with van der Waals surface area (Å²) in [6, 6.07) is 1.93.